The van der Waals surface area contributed by atoms with Crippen molar-refractivity contribution in [3.63, 3.8) is 0 Å². The molecule has 0 aliphatic carbocycles. The lowest BCUT2D eigenvalue weighted by molar-refractivity contribution is 0.0686. The van der Waals surface area contributed by atoms with Crippen molar-refractivity contribution in [2.24, 2.45) is 0 Å². The molecule has 0 atom stereocenters. The van der Waals surface area contributed by atoms with E-state index in [9.17, 15) is 9.59 Å². The van der Waals surface area contributed by atoms with Crippen molar-refractivity contribution in [1.29, 1.82) is 0 Å². The van der Waals surface area contributed by atoms with E-state index in [-0.39, 0.29) is 11.1 Å². The SMILES string of the molecule is Nc1ccc(C(=O)O)cc1Cc1ccc(C(=O)O)cc1. The highest BCUT2D eigenvalue weighted by Crippen LogP contribution is 2.19. The number of carbonyl (C=O) groups is 2. The highest BCUT2D eigenvalue weighted by atomic mass is 16.4. The fourth-order valence-electron chi connectivity index (χ4n) is 1.88. The second kappa shape index (κ2) is 5.44. The van der Waals surface area contributed by atoms with Gasteiger partial charge in [-0.3, -0.25) is 0 Å². The van der Waals surface area contributed by atoms with Gasteiger partial charge < -0.3 is 15.9 Å². The van der Waals surface area contributed by atoms with Crippen molar-refractivity contribution in [2.75, 3.05) is 5.73 Å². The molecule has 5 heteroatoms. The summed E-state index contributed by atoms with van der Waals surface area (Å²) in [5.41, 5.74) is 8.29. The number of hydrogen-bond acceptors (Lipinski definition) is 3. The zero-order valence-electron chi connectivity index (χ0n) is 10.5. The van der Waals surface area contributed by atoms with E-state index in [1.165, 1.54) is 24.3 Å². The first-order valence-electron chi connectivity index (χ1n) is 5.91. The Hall–Kier alpha value is -2.82. The molecular formula is C15H13NO4. The van der Waals surface area contributed by atoms with Crippen molar-refractivity contribution in [3.8, 4) is 0 Å². The van der Waals surface area contributed by atoms with Gasteiger partial charge in [-0.25, -0.2) is 9.59 Å². The number of rotatable bonds is 4. The summed E-state index contributed by atoms with van der Waals surface area (Å²) in [5, 5.41) is 17.8. The number of carboxylic acid groups (broad SMARTS) is 2. The molecule has 102 valence electrons. The Morgan fingerprint density at radius 2 is 1.45 bits per heavy atom. The van der Waals surface area contributed by atoms with E-state index >= 15 is 0 Å². The Bertz CT molecular complexity index is 662. The lowest BCUT2D eigenvalue weighted by atomic mass is 10.00. The number of nitrogen functional groups attached to an aromatic ring is 1. The van der Waals surface area contributed by atoms with E-state index in [1.807, 2.05) is 0 Å². The van der Waals surface area contributed by atoms with Gasteiger partial charge in [0.25, 0.3) is 0 Å². The Balaban J connectivity index is 2.27. The predicted molar refractivity (Wildman–Crippen MR) is 74.0 cm³/mol. The molecular weight excluding hydrogens is 258 g/mol. The lowest BCUT2D eigenvalue weighted by Crippen LogP contribution is -2.02. The minimum atomic E-state index is -1.01. The maximum absolute atomic E-state index is 10.9. The molecule has 2 aromatic carbocycles. The van der Waals surface area contributed by atoms with Crippen LogP contribution in [0.4, 0.5) is 5.69 Å². The highest BCUT2D eigenvalue weighted by molar-refractivity contribution is 5.88. The van der Waals surface area contributed by atoms with Crippen LogP contribution in [0.25, 0.3) is 0 Å². The Kier molecular flexibility index (Phi) is 3.70. The van der Waals surface area contributed by atoms with Gasteiger partial charge in [0.05, 0.1) is 11.1 Å². The highest BCUT2D eigenvalue weighted by Gasteiger charge is 2.08. The van der Waals surface area contributed by atoms with E-state index in [0.29, 0.717) is 17.7 Å². The molecule has 0 unspecified atom stereocenters. The normalized spacial score (nSPS) is 10.2. The molecule has 0 heterocycles. The summed E-state index contributed by atoms with van der Waals surface area (Å²) in [6.07, 6.45) is 0.451. The van der Waals surface area contributed by atoms with E-state index in [4.69, 9.17) is 15.9 Å². The second-order valence-corrected chi connectivity index (χ2v) is 4.40. The van der Waals surface area contributed by atoms with Gasteiger partial charge in [-0.05, 0) is 47.9 Å². The van der Waals surface area contributed by atoms with Crippen molar-refractivity contribution in [3.05, 3.63) is 64.7 Å². The molecule has 0 spiro atoms. The Labute approximate surface area is 115 Å². The number of anilines is 1. The van der Waals surface area contributed by atoms with Crippen LogP contribution in [-0.4, -0.2) is 22.2 Å². The summed E-state index contributed by atoms with van der Waals surface area (Å²) < 4.78 is 0. The van der Waals surface area contributed by atoms with Crippen LogP contribution in [0.3, 0.4) is 0 Å². The molecule has 20 heavy (non-hydrogen) atoms. The van der Waals surface area contributed by atoms with E-state index in [2.05, 4.69) is 0 Å². The maximum atomic E-state index is 10.9. The van der Waals surface area contributed by atoms with Gasteiger partial charge >= 0.3 is 11.9 Å². The molecule has 0 fully saturated rings. The average Bonchev–Trinajstić information content (AvgIpc) is 2.41. The topological polar surface area (TPSA) is 101 Å². The van der Waals surface area contributed by atoms with E-state index in [1.54, 1.807) is 18.2 Å². The van der Waals surface area contributed by atoms with Gasteiger partial charge in [0.15, 0.2) is 0 Å². The Morgan fingerprint density at radius 3 is 2.00 bits per heavy atom. The smallest absolute Gasteiger partial charge is 0.335 e. The minimum Gasteiger partial charge on any atom is -0.478 e. The van der Waals surface area contributed by atoms with Crippen LogP contribution in [-0.2, 0) is 6.42 Å². The molecule has 4 N–H and O–H groups in total. The molecule has 0 aromatic heterocycles. The molecule has 0 aliphatic heterocycles. The van der Waals surface area contributed by atoms with Gasteiger partial charge in [-0.15, -0.1) is 0 Å². The molecule has 0 bridgehead atoms. The van der Waals surface area contributed by atoms with Crippen LogP contribution in [0.1, 0.15) is 31.8 Å². The van der Waals surface area contributed by atoms with Crippen molar-refractivity contribution >= 4 is 17.6 Å². The first-order valence-corrected chi connectivity index (χ1v) is 5.91. The third kappa shape index (κ3) is 2.95. The van der Waals surface area contributed by atoms with Crippen LogP contribution in [0, 0.1) is 0 Å². The minimum absolute atomic E-state index is 0.177. The van der Waals surface area contributed by atoms with Crippen LogP contribution in [0.15, 0.2) is 42.5 Å². The van der Waals surface area contributed by atoms with Gasteiger partial charge in [0.1, 0.15) is 0 Å². The molecule has 5 nitrogen and oxygen atoms in total. The molecule has 0 amide bonds. The Morgan fingerprint density at radius 1 is 0.900 bits per heavy atom. The van der Waals surface area contributed by atoms with Crippen molar-refractivity contribution in [2.45, 2.75) is 6.42 Å². The fourth-order valence-corrected chi connectivity index (χ4v) is 1.88. The third-order valence-corrected chi connectivity index (χ3v) is 2.99. The zero-order valence-corrected chi connectivity index (χ0v) is 10.5. The summed E-state index contributed by atoms with van der Waals surface area (Å²) in [5.74, 6) is -1.99. The summed E-state index contributed by atoms with van der Waals surface area (Å²) >= 11 is 0. The average molecular weight is 271 g/mol. The summed E-state index contributed by atoms with van der Waals surface area (Å²) in [4.78, 5) is 21.7. The van der Waals surface area contributed by atoms with Gasteiger partial charge in [-0.2, -0.15) is 0 Å². The second-order valence-electron chi connectivity index (χ2n) is 4.40. The first-order chi connectivity index (χ1) is 9.47. The molecule has 0 saturated carbocycles. The first kappa shape index (κ1) is 13.6. The number of hydrogen-bond donors (Lipinski definition) is 3. The van der Waals surface area contributed by atoms with Gasteiger partial charge in [-0.1, -0.05) is 12.1 Å². The van der Waals surface area contributed by atoms with Crippen LogP contribution in [0.5, 0.6) is 0 Å². The molecule has 0 saturated heterocycles. The summed E-state index contributed by atoms with van der Waals surface area (Å²) in [6.45, 7) is 0. The van der Waals surface area contributed by atoms with Crippen LogP contribution >= 0.6 is 0 Å². The maximum Gasteiger partial charge on any atom is 0.335 e. The van der Waals surface area contributed by atoms with E-state index < -0.39 is 11.9 Å². The monoisotopic (exact) mass is 271 g/mol. The third-order valence-electron chi connectivity index (χ3n) is 2.99. The number of carboxylic acids is 2. The van der Waals surface area contributed by atoms with Crippen molar-refractivity contribution in [1.82, 2.24) is 0 Å². The summed E-state index contributed by atoms with van der Waals surface area (Å²) in [6, 6.07) is 10.9. The standard InChI is InChI=1S/C15H13NO4/c16-13-6-5-11(15(19)20)8-12(13)7-9-1-3-10(4-2-9)14(17)18/h1-6,8H,7,16H2,(H,17,18)(H,19,20). The molecule has 0 radical (unpaired) electrons. The van der Waals surface area contributed by atoms with Crippen LogP contribution in [0.2, 0.25) is 0 Å². The summed E-state index contributed by atoms with van der Waals surface area (Å²) in [7, 11) is 0. The molecule has 0 aliphatic rings. The van der Waals surface area contributed by atoms with Gasteiger partial charge in [0.2, 0.25) is 0 Å². The number of benzene rings is 2. The number of nitrogens with two attached hydrogens (primary N) is 1. The van der Waals surface area contributed by atoms with Crippen molar-refractivity contribution < 1.29 is 19.8 Å². The number of aromatic carboxylic acids is 2. The molecule has 2 aromatic rings. The van der Waals surface area contributed by atoms with Gasteiger partial charge in [0, 0.05) is 5.69 Å². The van der Waals surface area contributed by atoms with Crippen LogP contribution < -0.4 is 5.73 Å². The zero-order chi connectivity index (χ0) is 14.7. The lowest BCUT2D eigenvalue weighted by Gasteiger charge is -2.07. The fraction of sp³-hybridized carbons (Fsp3) is 0.0667. The molecule has 2 rings (SSSR count). The quantitative estimate of drug-likeness (QED) is 0.740. The van der Waals surface area contributed by atoms with E-state index in [0.717, 1.165) is 5.56 Å². The predicted octanol–water partition coefficient (Wildman–Crippen LogP) is 2.26. The largest absolute Gasteiger partial charge is 0.478 e.